The molecule has 2 N–H and O–H groups in total. The minimum Gasteiger partial charge on any atom is -0.354 e. The van der Waals surface area contributed by atoms with E-state index in [1.165, 1.54) is 0 Å². The Morgan fingerprint density at radius 3 is 2.67 bits per heavy atom. The molecule has 0 spiro atoms. The number of aryl methyl sites for hydroxylation is 2. The Labute approximate surface area is 128 Å². The summed E-state index contributed by atoms with van der Waals surface area (Å²) in [7, 11) is 1.60. The lowest BCUT2D eigenvalue weighted by molar-refractivity contribution is -0.117. The van der Waals surface area contributed by atoms with Crippen molar-refractivity contribution in [3.63, 3.8) is 0 Å². The molecule has 0 saturated heterocycles. The molecule has 0 unspecified atom stereocenters. The van der Waals surface area contributed by atoms with E-state index in [0.717, 1.165) is 28.5 Å². The second-order valence-electron chi connectivity index (χ2n) is 5.26. The van der Waals surface area contributed by atoms with Gasteiger partial charge in [0.05, 0.1) is 0 Å². The van der Waals surface area contributed by atoms with E-state index in [9.17, 15) is 9.59 Å². The number of aromatic amines is 1. The van der Waals surface area contributed by atoms with E-state index in [4.69, 9.17) is 11.6 Å². The van der Waals surface area contributed by atoms with Crippen LogP contribution in [0, 0.1) is 6.92 Å². The summed E-state index contributed by atoms with van der Waals surface area (Å²) in [6, 6.07) is 3.83. The maximum atomic E-state index is 12.0. The summed E-state index contributed by atoms with van der Waals surface area (Å²) in [5.41, 5.74) is 3.32. The molecular weight excluding hydrogens is 288 g/mol. The van der Waals surface area contributed by atoms with E-state index in [1.807, 2.05) is 19.1 Å². The Morgan fingerprint density at radius 2 is 2.05 bits per heavy atom. The van der Waals surface area contributed by atoms with Gasteiger partial charge in [-0.25, -0.2) is 0 Å². The van der Waals surface area contributed by atoms with Crippen molar-refractivity contribution in [3.8, 4) is 0 Å². The maximum Gasteiger partial charge on any atom is 0.267 e. The molecule has 0 aliphatic carbocycles. The maximum absolute atomic E-state index is 12.0. The van der Waals surface area contributed by atoms with Gasteiger partial charge in [-0.15, -0.1) is 0 Å². The van der Waals surface area contributed by atoms with Crippen molar-refractivity contribution in [1.29, 1.82) is 0 Å². The van der Waals surface area contributed by atoms with Crippen LogP contribution in [0.15, 0.2) is 12.1 Å². The summed E-state index contributed by atoms with van der Waals surface area (Å²) in [6.07, 6.45) is 1.93. The molecule has 21 heavy (non-hydrogen) atoms. The molecule has 2 rings (SSSR count). The van der Waals surface area contributed by atoms with Crippen LogP contribution in [0.1, 0.15) is 41.4 Å². The monoisotopic (exact) mass is 306 g/mol. The first-order valence-corrected chi connectivity index (χ1v) is 7.34. The fourth-order valence-corrected chi connectivity index (χ4v) is 2.64. The highest BCUT2D eigenvalue weighted by molar-refractivity contribution is 6.32. The quantitative estimate of drug-likeness (QED) is 0.889. The first-order valence-electron chi connectivity index (χ1n) is 6.96. The largest absolute Gasteiger partial charge is 0.354 e. The van der Waals surface area contributed by atoms with E-state index in [0.29, 0.717) is 23.6 Å². The van der Waals surface area contributed by atoms with Crippen LogP contribution in [-0.2, 0) is 11.2 Å². The second-order valence-corrected chi connectivity index (χ2v) is 5.67. The molecule has 2 aromatic rings. The van der Waals surface area contributed by atoms with Gasteiger partial charge in [0, 0.05) is 29.4 Å². The zero-order valence-corrected chi connectivity index (χ0v) is 13.2. The number of rotatable bonds is 5. The third-order valence-corrected chi connectivity index (χ3v) is 4.00. The van der Waals surface area contributed by atoms with Crippen LogP contribution >= 0.6 is 11.6 Å². The highest BCUT2D eigenvalue weighted by Crippen LogP contribution is 2.29. The SMILES string of the molecule is CNC(=O)c1[nH]c2cc(Cl)c(C)cc2c1CCCC(C)=O. The van der Waals surface area contributed by atoms with Crippen molar-refractivity contribution in [2.45, 2.75) is 33.1 Å². The van der Waals surface area contributed by atoms with Gasteiger partial charge < -0.3 is 15.1 Å². The lowest BCUT2D eigenvalue weighted by Crippen LogP contribution is -2.19. The number of carbonyl (C=O) groups excluding carboxylic acids is 2. The van der Waals surface area contributed by atoms with Gasteiger partial charge in [0.25, 0.3) is 5.91 Å². The Balaban J connectivity index is 2.48. The first-order chi connectivity index (χ1) is 9.93. The molecule has 0 aliphatic heterocycles. The van der Waals surface area contributed by atoms with Crippen molar-refractivity contribution in [3.05, 3.63) is 34.0 Å². The molecule has 0 fully saturated rings. The Kier molecular flexibility index (Phi) is 4.68. The van der Waals surface area contributed by atoms with Gasteiger partial charge in [-0.2, -0.15) is 0 Å². The number of H-pyrrole nitrogens is 1. The topological polar surface area (TPSA) is 62.0 Å². The summed E-state index contributed by atoms with van der Waals surface area (Å²) < 4.78 is 0. The molecule has 1 aromatic carbocycles. The number of ketones is 1. The molecule has 1 amide bonds. The van der Waals surface area contributed by atoms with Crippen LogP contribution in [0.2, 0.25) is 5.02 Å². The summed E-state index contributed by atoms with van der Waals surface area (Å²) in [5, 5.41) is 4.31. The second kappa shape index (κ2) is 6.31. The van der Waals surface area contributed by atoms with E-state index in [1.54, 1.807) is 14.0 Å². The number of benzene rings is 1. The summed E-state index contributed by atoms with van der Waals surface area (Å²) in [5.74, 6) is 0.00774. The Bertz CT molecular complexity index is 704. The zero-order chi connectivity index (χ0) is 15.6. The number of amides is 1. The van der Waals surface area contributed by atoms with E-state index < -0.39 is 0 Å². The third-order valence-electron chi connectivity index (χ3n) is 3.60. The van der Waals surface area contributed by atoms with Gasteiger partial charge in [0.15, 0.2) is 0 Å². The first kappa shape index (κ1) is 15.6. The number of carbonyl (C=O) groups is 2. The Morgan fingerprint density at radius 1 is 1.33 bits per heavy atom. The van der Waals surface area contributed by atoms with Gasteiger partial charge in [-0.05, 0) is 49.9 Å². The van der Waals surface area contributed by atoms with Crippen molar-refractivity contribution >= 4 is 34.2 Å². The van der Waals surface area contributed by atoms with E-state index >= 15 is 0 Å². The molecule has 0 saturated carbocycles. The molecule has 0 bridgehead atoms. The van der Waals surface area contributed by atoms with Gasteiger partial charge in [-0.3, -0.25) is 4.79 Å². The van der Waals surface area contributed by atoms with Crippen LogP contribution in [0.25, 0.3) is 10.9 Å². The van der Waals surface area contributed by atoms with E-state index in [2.05, 4.69) is 10.3 Å². The fourth-order valence-electron chi connectivity index (χ4n) is 2.47. The third kappa shape index (κ3) is 3.27. The molecule has 0 atom stereocenters. The molecule has 0 radical (unpaired) electrons. The van der Waals surface area contributed by atoms with Gasteiger partial charge >= 0.3 is 0 Å². The molecule has 4 nitrogen and oxygen atoms in total. The number of hydrogen-bond donors (Lipinski definition) is 2. The standard InChI is InChI=1S/C16H19ClN2O2/c1-9-7-12-11(6-4-5-10(2)20)15(16(21)18-3)19-14(12)8-13(9)17/h7-8,19H,4-6H2,1-3H3,(H,18,21). The van der Waals surface area contributed by atoms with Crippen molar-refractivity contribution in [2.75, 3.05) is 7.05 Å². The molecular formula is C16H19ClN2O2. The van der Waals surface area contributed by atoms with Gasteiger partial charge in [0.2, 0.25) is 0 Å². The zero-order valence-electron chi connectivity index (χ0n) is 12.5. The number of halogens is 1. The lowest BCUT2D eigenvalue weighted by Gasteiger charge is -2.04. The summed E-state index contributed by atoms with van der Waals surface area (Å²) >= 11 is 6.14. The smallest absolute Gasteiger partial charge is 0.267 e. The normalized spacial score (nSPS) is 10.9. The number of nitrogens with one attached hydrogen (secondary N) is 2. The fraction of sp³-hybridized carbons (Fsp3) is 0.375. The van der Waals surface area contributed by atoms with Crippen LogP contribution in [0.4, 0.5) is 0 Å². The number of aromatic nitrogens is 1. The number of Topliss-reactive ketones (excluding diaryl/α,β-unsaturated/α-hetero) is 1. The van der Waals surface area contributed by atoms with Crippen LogP contribution in [-0.4, -0.2) is 23.7 Å². The molecule has 5 heteroatoms. The predicted octanol–water partition coefficient (Wildman–Crippen LogP) is 3.40. The minimum atomic E-state index is -0.155. The number of hydrogen-bond acceptors (Lipinski definition) is 2. The molecule has 112 valence electrons. The van der Waals surface area contributed by atoms with E-state index in [-0.39, 0.29) is 11.7 Å². The summed E-state index contributed by atoms with van der Waals surface area (Å²) in [4.78, 5) is 26.3. The highest BCUT2D eigenvalue weighted by Gasteiger charge is 2.17. The predicted molar refractivity (Wildman–Crippen MR) is 85.1 cm³/mol. The van der Waals surface area contributed by atoms with Gasteiger partial charge in [0.1, 0.15) is 11.5 Å². The van der Waals surface area contributed by atoms with Crippen molar-refractivity contribution < 1.29 is 9.59 Å². The molecule has 1 heterocycles. The average molecular weight is 307 g/mol. The van der Waals surface area contributed by atoms with Gasteiger partial charge in [-0.1, -0.05) is 11.6 Å². The van der Waals surface area contributed by atoms with Crippen LogP contribution in [0.5, 0.6) is 0 Å². The number of fused-ring (bicyclic) bond motifs is 1. The van der Waals surface area contributed by atoms with Crippen molar-refractivity contribution in [1.82, 2.24) is 10.3 Å². The average Bonchev–Trinajstić information content (AvgIpc) is 2.76. The van der Waals surface area contributed by atoms with Crippen LogP contribution < -0.4 is 5.32 Å². The molecule has 0 aliphatic rings. The molecule has 1 aromatic heterocycles. The minimum absolute atomic E-state index is 0.155. The Hall–Kier alpha value is -1.81. The lowest BCUT2D eigenvalue weighted by atomic mass is 10.0. The van der Waals surface area contributed by atoms with Crippen molar-refractivity contribution in [2.24, 2.45) is 0 Å². The highest BCUT2D eigenvalue weighted by atomic mass is 35.5. The van der Waals surface area contributed by atoms with Crippen LogP contribution in [0.3, 0.4) is 0 Å². The summed E-state index contributed by atoms with van der Waals surface area (Å²) in [6.45, 7) is 3.52.